The first-order valence-electron chi connectivity index (χ1n) is 5.77. The standard InChI is InChI=1S/C12H19NO5/c1-9(13(5-7-14)6-8-15)10-3-4-11(18-10)12(16)17-2/h3-4,9,14-15H,5-8H2,1-2H3. The highest BCUT2D eigenvalue weighted by atomic mass is 16.5. The van der Waals surface area contributed by atoms with Gasteiger partial charge in [-0.2, -0.15) is 0 Å². The SMILES string of the molecule is COC(=O)c1ccc(C(C)N(CCO)CCO)o1. The van der Waals surface area contributed by atoms with E-state index in [1.54, 1.807) is 12.1 Å². The highest BCUT2D eigenvalue weighted by molar-refractivity contribution is 5.86. The van der Waals surface area contributed by atoms with E-state index in [4.69, 9.17) is 14.6 Å². The zero-order valence-electron chi connectivity index (χ0n) is 10.6. The molecule has 0 radical (unpaired) electrons. The van der Waals surface area contributed by atoms with Crippen molar-refractivity contribution in [2.45, 2.75) is 13.0 Å². The van der Waals surface area contributed by atoms with Gasteiger partial charge in [-0.3, -0.25) is 4.90 Å². The average Bonchev–Trinajstić information content (AvgIpc) is 2.86. The first kappa shape index (κ1) is 14.7. The lowest BCUT2D eigenvalue weighted by molar-refractivity contribution is 0.0555. The second-order valence-electron chi connectivity index (χ2n) is 3.85. The van der Waals surface area contributed by atoms with E-state index >= 15 is 0 Å². The van der Waals surface area contributed by atoms with E-state index in [1.807, 2.05) is 11.8 Å². The third-order valence-corrected chi connectivity index (χ3v) is 2.75. The van der Waals surface area contributed by atoms with Gasteiger partial charge in [0.1, 0.15) is 5.76 Å². The molecule has 1 atom stereocenters. The maximum Gasteiger partial charge on any atom is 0.373 e. The number of esters is 1. The van der Waals surface area contributed by atoms with Gasteiger partial charge in [0.25, 0.3) is 0 Å². The molecule has 102 valence electrons. The minimum absolute atomic E-state index is 0.00505. The number of hydrogen-bond acceptors (Lipinski definition) is 6. The zero-order valence-corrected chi connectivity index (χ0v) is 10.6. The van der Waals surface area contributed by atoms with Crippen LogP contribution >= 0.6 is 0 Å². The van der Waals surface area contributed by atoms with Crippen LogP contribution in [0.15, 0.2) is 16.5 Å². The lowest BCUT2D eigenvalue weighted by Gasteiger charge is -2.25. The van der Waals surface area contributed by atoms with Crippen LogP contribution in [0.25, 0.3) is 0 Å². The van der Waals surface area contributed by atoms with Crippen molar-refractivity contribution in [1.29, 1.82) is 0 Å². The Bertz CT molecular complexity index is 370. The molecular weight excluding hydrogens is 238 g/mol. The van der Waals surface area contributed by atoms with Gasteiger partial charge < -0.3 is 19.4 Å². The van der Waals surface area contributed by atoms with E-state index in [0.29, 0.717) is 18.8 Å². The first-order valence-corrected chi connectivity index (χ1v) is 5.77. The van der Waals surface area contributed by atoms with Crippen LogP contribution in [0, 0.1) is 0 Å². The van der Waals surface area contributed by atoms with Crippen molar-refractivity contribution in [2.75, 3.05) is 33.4 Å². The molecule has 6 nitrogen and oxygen atoms in total. The Morgan fingerprint density at radius 1 is 1.39 bits per heavy atom. The fraction of sp³-hybridized carbons (Fsp3) is 0.583. The highest BCUT2D eigenvalue weighted by Gasteiger charge is 2.20. The number of aliphatic hydroxyl groups excluding tert-OH is 2. The number of furan rings is 1. The van der Waals surface area contributed by atoms with Crippen LogP contribution < -0.4 is 0 Å². The lowest BCUT2D eigenvalue weighted by Crippen LogP contribution is -2.32. The molecule has 1 aromatic heterocycles. The molecule has 0 aliphatic rings. The summed E-state index contributed by atoms with van der Waals surface area (Å²) in [7, 11) is 1.29. The minimum Gasteiger partial charge on any atom is -0.463 e. The van der Waals surface area contributed by atoms with Gasteiger partial charge in [-0.25, -0.2) is 4.79 Å². The van der Waals surface area contributed by atoms with Crippen LogP contribution in [0.4, 0.5) is 0 Å². The topological polar surface area (TPSA) is 83.1 Å². The molecule has 1 heterocycles. The second kappa shape index (κ2) is 7.15. The molecule has 1 rings (SSSR count). The first-order chi connectivity index (χ1) is 8.63. The summed E-state index contributed by atoms with van der Waals surface area (Å²) in [6, 6.07) is 3.11. The van der Waals surface area contributed by atoms with Crippen molar-refractivity contribution in [3.05, 3.63) is 23.7 Å². The van der Waals surface area contributed by atoms with Crippen LogP contribution in [0.2, 0.25) is 0 Å². The van der Waals surface area contributed by atoms with Crippen LogP contribution in [0.1, 0.15) is 29.3 Å². The smallest absolute Gasteiger partial charge is 0.373 e. The Balaban J connectivity index is 2.77. The van der Waals surface area contributed by atoms with Gasteiger partial charge >= 0.3 is 5.97 Å². The Hall–Kier alpha value is -1.37. The predicted molar refractivity (Wildman–Crippen MR) is 64.2 cm³/mol. The normalized spacial score (nSPS) is 12.7. The summed E-state index contributed by atoms with van der Waals surface area (Å²) in [6.45, 7) is 2.72. The summed E-state index contributed by atoms with van der Waals surface area (Å²) in [4.78, 5) is 13.1. The molecule has 0 spiro atoms. The maximum absolute atomic E-state index is 11.3. The number of ether oxygens (including phenoxy) is 1. The molecule has 0 fully saturated rings. The Labute approximate surface area is 106 Å². The number of nitrogens with zero attached hydrogens (tertiary/aromatic N) is 1. The van der Waals surface area contributed by atoms with Crippen molar-refractivity contribution in [3.63, 3.8) is 0 Å². The molecular formula is C12H19NO5. The fourth-order valence-electron chi connectivity index (χ4n) is 1.72. The van der Waals surface area contributed by atoms with Gasteiger partial charge in [-0.05, 0) is 19.1 Å². The van der Waals surface area contributed by atoms with Gasteiger partial charge in [-0.15, -0.1) is 0 Å². The molecule has 2 N–H and O–H groups in total. The maximum atomic E-state index is 11.3. The van der Waals surface area contributed by atoms with Crippen molar-refractivity contribution >= 4 is 5.97 Å². The van der Waals surface area contributed by atoms with Crippen LogP contribution in [0.5, 0.6) is 0 Å². The number of aliphatic hydroxyl groups is 2. The quantitative estimate of drug-likeness (QED) is 0.689. The van der Waals surface area contributed by atoms with Crippen molar-refractivity contribution < 1.29 is 24.2 Å². The van der Waals surface area contributed by atoms with Gasteiger partial charge in [0.15, 0.2) is 0 Å². The molecule has 18 heavy (non-hydrogen) atoms. The molecule has 0 bridgehead atoms. The molecule has 0 saturated carbocycles. The Morgan fingerprint density at radius 2 is 2.00 bits per heavy atom. The summed E-state index contributed by atoms with van der Waals surface area (Å²) >= 11 is 0. The van der Waals surface area contributed by atoms with Crippen LogP contribution in [-0.4, -0.2) is 54.5 Å². The van der Waals surface area contributed by atoms with Gasteiger partial charge in [0, 0.05) is 13.1 Å². The summed E-state index contributed by atoms with van der Waals surface area (Å²) in [5.41, 5.74) is 0. The zero-order chi connectivity index (χ0) is 13.5. The van der Waals surface area contributed by atoms with Crippen molar-refractivity contribution in [2.24, 2.45) is 0 Å². The predicted octanol–water partition coefficient (Wildman–Crippen LogP) is 0.414. The molecule has 0 aliphatic carbocycles. The number of hydrogen-bond donors (Lipinski definition) is 2. The number of carbonyl (C=O) groups excluding carboxylic acids is 1. The molecule has 6 heteroatoms. The minimum atomic E-state index is -0.524. The van der Waals surface area contributed by atoms with E-state index in [1.165, 1.54) is 7.11 Å². The molecule has 1 aromatic rings. The molecule has 0 aromatic carbocycles. The molecule has 0 amide bonds. The summed E-state index contributed by atoms with van der Waals surface area (Å²) in [6.07, 6.45) is 0. The van der Waals surface area contributed by atoms with Crippen LogP contribution in [0.3, 0.4) is 0 Å². The monoisotopic (exact) mass is 257 g/mol. The largest absolute Gasteiger partial charge is 0.463 e. The molecule has 0 aliphatic heterocycles. The third kappa shape index (κ3) is 3.56. The van der Waals surface area contributed by atoms with E-state index < -0.39 is 5.97 Å². The number of carbonyl (C=O) groups is 1. The van der Waals surface area contributed by atoms with E-state index in [0.717, 1.165) is 0 Å². The van der Waals surface area contributed by atoms with E-state index in [2.05, 4.69) is 4.74 Å². The van der Waals surface area contributed by atoms with E-state index in [9.17, 15) is 4.79 Å². The second-order valence-corrected chi connectivity index (χ2v) is 3.85. The number of methoxy groups -OCH3 is 1. The van der Waals surface area contributed by atoms with Crippen LogP contribution in [-0.2, 0) is 4.74 Å². The Kier molecular flexibility index (Phi) is 5.84. The average molecular weight is 257 g/mol. The fourth-order valence-corrected chi connectivity index (χ4v) is 1.72. The van der Waals surface area contributed by atoms with Gasteiger partial charge in [0.2, 0.25) is 5.76 Å². The van der Waals surface area contributed by atoms with Gasteiger partial charge in [0.05, 0.1) is 26.4 Å². The summed E-state index contributed by atoms with van der Waals surface area (Å²) in [5, 5.41) is 17.9. The Morgan fingerprint density at radius 3 is 2.50 bits per heavy atom. The summed E-state index contributed by atoms with van der Waals surface area (Å²) < 4.78 is 9.95. The van der Waals surface area contributed by atoms with E-state index in [-0.39, 0.29) is 25.0 Å². The third-order valence-electron chi connectivity index (χ3n) is 2.75. The highest BCUT2D eigenvalue weighted by Crippen LogP contribution is 2.22. The molecule has 1 unspecified atom stereocenters. The van der Waals surface area contributed by atoms with Crippen molar-refractivity contribution in [3.8, 4) is 0 Å². The lowest BCUT2D eigenvalue weighted by atomic mass is 10.2. The number of rotatable bonds is 7. The summed E-state index contributed by atoms with van der Waals surface area (Å²) in [5.74, 6) is 0.217. The van der Waals surface area contributed by atoms with Gasteiger partial charge in [-0.1, -0.05) is 0 Å². The van der Waals surface area contributed by atoms with Crippen molar-refractivity contribution in [1.82, 2.24) is 4.90 Å². The molecule has 0 saturated heterocycles.